The van der Waals surface area contributed by atoms with Gasteiger partial charge in [-0.1, -0.05) is 11.6 Å². The molecule has 1 aromatic heterocycles. The van der Waals surface area contributed by atoms with Crippen molar-refractivity contribution < 1.29 is 4.79 Å². The number of piperidine rings is 1. The quantitative estimate of drug-likeness (QED) is 0.789. The van der Waals surface area contributed by atoms with Crippen LogP contribution in [-0.2, 0) is 0 Å². The molecule has 1 fully saturated rings. The highest BCUT2D eigenvalue weighted by Crippen LogP contribution is 2.18. The van der Waals surface area contributed by atoms with E-state index < -0.39 is 0 Å². The highest BCUT2D eigenvalue weighted by atomic mass is 35.5. The molecule has 2 heterocycles. The number of urea groups is 1. The molecule has 1 aliphatic heterocycles. The van der Waals surface area contributed by atoms with Gasteiger partial charge in [0, 0.05) is 31.0 Å². The van der Waals surface area contributed by atoms with Crippen molar-refractivity contribution in [1.82, 2.24) is 9.88 Å². The Bertz CT molecular complexity index is 404. The minimum absolute atomic E-state index is 0.338. The number of pyridine rings is 1. The molecule has 0 bridgehead atoms. The molecule has 92 valence electrons. The maximum Gasteiger partial charge on any atom is 0.314 e. The smallest absolute Gasteiger partial charge is 0.314 e. The highest BCUT2D eigenvalue weighted by Gasteiger charge is 2.20. The van der Waals surface area contributed by atoms with E-state index in [1.165, 1.54) is 0 Å². The summed E-state index contributed by atoms with van der Waals surface area (Å²) in [6.45, 7) is 1.40. The first-order valence-corrected chi connectivity index (χ1v) is 5.95. The van der Waals surface area contributed by atoms with Gasteiger partial charge < -0.3 is 16.0 Å². The number of primary amides is 1. The lowest BCUT2D eigenvalue weighted by Crippen LogP contribution is -2.44. The van der Waals surface area contributed by atoms with Crippen LogP contribution >= 0.6 is 11.6 Å². The predicted octanol–water partition coefficient (Wildman–Crippen LogP) is 1.69. The molecule has 1 aromatic rings. The van der Waals surface area contributed by atoms with Gasteiger partial charge in [-0.3, -0.25) is 0 Å². The largest absolute Gasteiger partial charge is 0.382 e. The Morgan fingerprint density at radius 3 is 2.82 bits per heavy atom. The summed E-state index contributed by atoms with van der Waals surface area (Å²) in [5.74, 6) is 0. The van der Waals surface area contributed by atoms with Gasteiger partial charge in [-0.05, 0) is 25.0 Å². The Kier molecular flexibility index (Phi) is 3.68. The SMILES string of the molecule is NC(=O)N1CCC(Nc2ccnc(Cl)c2)CC1. The number of nitrogens with one attached hydrogen (secondary N) is 1. The van der Waals surface area contributed by atoms with E-state index in [0.29, 0.717) is 24.3 Å². The van der Waals surface area contributed by atoms with E-state index in [4.69, 9.17) is 17.3 Å². The van der Waals surface area contributed by atoms with Crippen LogP contribution in [0.1, 0.15) is 12.8 Å². The fourth-order valence-corrected chi connectivity index (χ4v) is 2.15. The maximum atomic E-state index is 11.0. The molecule has 0 saturated carbocycles. The monoisotopic (exact) mass is 254 g/mol. The van der Waals surface area contributed by atoms with Gasteiger partial charge in [0.2, 0.25) is 0 Å². The van der Waals surface area contributed by atoms with Crippen molar-refractivity contribution in [2.45, 2.75) is 18.9 Å². The number of carbonyl (C=O) groups excluding carboxylic acids is 1. The minimum Gasteiger partial charge on any atom is -0.382 e. The molecule has 0 unspecified atom stereocenters. The van der Waals surface area contributed by atoms with Gasteiger partial charge in [0.05, 0.1) is 0 Å². The fourth-order valence-electron chi connectivity index (χ4n) is 1.97. The second-order valence-corrected chi connectivity index (χ2v) is 4.50. The number of carbonyl (C=O) groups is 1. The number of aromatic nitrogens is 1. The van der Waals surface area contributed by atoms with Crippen LogP contribution in [0, 0.1) is 0 Å². The summed E-state index contributed by atoms with van der Waals surface area (Å²) in [6.07, 6.45) is 3.45. The van der Waals surface area contributed by atoms with Gasteiger partial charge in [-0.2, -0.15) is 0 Å². The molecule has 1 saturated heterocycles. The first-order valence-electron chi connectivity index (χ1n) is 5.57. The van der Waals surface area contributed by atoms with Crippen molar-refractivity contribution in [3.63, 3.8) is 0 Å². The summed E-state index contributed by atoms with van der Waals surface area (Å²) in [5.41, 5.74) is 6.19. The number of anilines is 1. The number of rotatable bonds is 2. The maximum absolute atomic E-state index is 11.0. The average Bonchev–Trinajstić information content (AvgIpc) is 2.29. The number of amides is 2. The zero-order chi connectivity index (χ0) is 12.3. The van der Waals surface area contributed by atoms with Gasteiger partial charge in [-0.15, -0.1) is 0 Å². The van der Waals surface area contributed by atoms with Crippen molar-refractivity contribution in [3.8, 4) is 0 Å². The molecule has 0 aromatic carbocycles. The van der Waals surface area contributed by atoms with Crippen LogP contribution in [0.25, 0.3) is 0 Å². The second-order valence-electron chi connectivity index (χ2n) is 4.11. The Morgan fingerprint density at radius 1 is 1.53 bits per heavy atom. The number of nitrogens with two attached hydrogens (primary N) is 1. The topological polar surface area (TPSA) is 71.2 Å². The lowest BCUT2D eigenvalue weighted by molar-refractivity contribution is 0.193. The van der Waals surface area contributed by atoms with Gasteiger partial charge in [0.25, 0.3) is 0 Å². The number of nitrogens with zero attached hydrogens (tertiary/aromatic N) is 2. The molecule has 3 N–H and O–H groups in total. The first-order chi connectivity index (χ1) is 8.15. The molecule has 2 rings (SSSR count). The third-order valence-corrected chi connectivity index (χ3v) is 3.11. The van der Waals surface area contributed by atoms with Crippen LogP contribution < -0.4 is 11.1 Å². The van der Waals surface area contributed by atoms with E-state index in [0.717, 1.165) is 18.5 Å². The van der Waals surface area contributed by atoms with E-state index in [9.17, 15) is 4.79 Å². The summed E-state index contributed by atoms with van der Waals surface area (Å²) >= 11 is 5.81. The van der Waals surface area contributed by atoms with Gasteiger partial charge in [0.1, 0.15) is 5.15 Å². The molecule has 0 atom stereocenters. The summed E-state index contributed by atoms with van der Waals surface area (Å²) in [5, 5.41) is 3.85. The lowest BCUT2D eigenvalue weighted by atomic mass is 10.1. The van der Waals surface area contributed by atoms with Crippen LogP contribution in [0.5, 0.6) is 0 Å². The van der Waals surface area contributed by atoms with E-state index in [1.54, 1.807) is 17.2 Å². The van der Waals surface area contributed by atoms with Crippen LogP contribution in [-0.4, -0.2) is 35.0 Å². The first kappa shape index (κ1) is 12.0. The fraction of sp³-hybridized carbons (Fsp3) is 0.455. The van der Waals surface area contributed by atoms with Crippen molar-refractivity contribution in [3.05, 3.63) is 23.5 Å². The Balaban J connectivity index is 1.88. The molecule has 5 nitrogen and oxygen atoms in total. The lowest BCUT2D eigenvalue weighted by Gasteiger charge is -2.31. The predicted molar refractivity (Wildman–Crippen MR) is 67.0 cm³/mol. The number of hydrogen-bond donors (Lipinski definition) is 2. The standard InChI is InChI=1S/C11H15ClN4O/c12-10-7-9(1-4-14-10)15-8-2-5-16(6-3-8)11(13)17/h1,4,7-8H,2-3,5-6H2,(H2,13,17)(H,14,15). The van der Waals surface area contributed by atoms with Crippen LogP contribution in [0.4, 0.5) is 10.5 Å². The molecule has 17 heavy (non-hydrogen) atoms. The van der Waals surface area contributed by atoms with E-state index in [-0.39, 0.29) is 6.03 Å². The van der Waals surface area contributed by atoms with Crippen molar-refractivity contribution >= 4 is 23.3 Å². The van der Waals surface area contributed by atoms with Crippen LogP contribution in [0.3, 0.4) is 0 Å². The number of likely N-dealkylation sites (tertiary alicyclic amines) is 1. The zero-order valence-corrected chi connectivity index (χ0v) is 10.2. The van der Waals surface area contributed by atoms with Crippen LogP contribution in [0.15, 0.2) is 18.3 Å². The molecule has 0 radical (unpaired) electrons. The highest BCUT2D eigenvalue weighted by molar-refractivity contribution is 6.29. The van der Waals surface area contributed by atoms with Crippen molar-refractivity contribution in [1.29, 1.82) is 0 Å². The van der Waals surface area contributed by atoms with E-state index in [2.05, 4.69) is 10.3 Å². The van der Waals surface area contributed by atoms with Crippen molar-refractivity contribution in [2.24, 2.45) is 5.73 Å². The van der Waals surface area contributed by atoms with E-state index >= 15 is 0 Å². The molecule has 6 heteroatoms. The third kappa shape index (κ3) is 3.23. The third-order valence-electron chi connectivity index (χ3n) is 2.90. The minimum atomic E-state index is -0.338. The summed E-state index contributed by atoms with van der Waals surface area (Å²) in [6, 6.07) is 3.69. The summed E-state index contributed by atoms with van der Waals surface area (Å²) < 4.78 is 0. The molecule has 1 aliphatic rings. The molecule has 0 aliphatic carbocycles. The van der Waals surface area contributed by atoms with Crippen molar-refractivity contribution in [2.75, 3.05) is 18.4 Å². The Morgan fingerprint density at radius 2 is 2.24 bits per heavy atom. The van der Waals surface area contributed by atoms with Crippen LogP contribution in [0.2, 0.25) is 5.15 Å². The van der Waals surface area contributed by atoms with Gasteiger partial charge >= 0.3 is 6.03 Å². The molecule has 2 amide bonds. The molecular formula is C11H15ClN4O. The Labute approximate surface area is 105 Å². The molecule has 0 spiro atoms. The normalized spacial score (nSPS) is 16.9. The number of halogens is 1. The summed E-state index contributed by atoms with van der Waals surface area (Å²) in [7, 11) is 0. The molecular weight excluding hydrogens is 240 g/mol. The average molecular weight is 255 g/mol. The van der Waals surface area contributed by atoms with Gasteiger partial charge in [-0.25, -0.2) is 9.78 Å². The number of hydrogen-bond acceptors (Lipinski definition) is 3. The summed E-state index contributed by atoms with van der Waals surface area (Å²) in [4.78, 5) is 16.6. The second kappa shape index (κ2) is 5.23. The zero-order valence-electron chi connectivity index (χ0n) is 9.40. The van der Waals surface area contributed by atoms with E-state index in [1.807, 2.05) is 6.07 Å². The van der Waals surface area contributed by atoms with Gasteiger partial charge in [0.15, 0.2) is 0 Å². The Hall–Kier alpha value is -1.49.